The van der Waals surface area contributed by atoms with Gasteiger partial charge in [0, 0.05) is 12.0 Å². The number of hydrogen-bond acceptors (Lipinski definition) is 3. The van der Waals surface area contributed by atoms with Crippen molar-refractivity contribution in [2.45, 2.75) is 25.8 Å². The second kappa shape index (κ2) is 8.34. The highest BCUT2D eigenvalue weighted by Gasteiger charge is 2.15. The Morgan fingerprint density at radius 1 is 1.17 bits per heavy atom. The van der Waals surface area contributed by atoms with Crippen LogP contribution in [0.25, 0.3) is 0 Å². The number of nitrogens with one attached hydrogen (secondary N) is 1. The van der Waals surface area contributed by atoms with Crippen molar-refractivity contribution in [3.05, 3.63) is 59.4 Å². The lowest BCUT2D eigenvalue weighted by atomic mass is 10.1. The van der Waals surface area contributed by atoms with Crippen molar-refractivity contribution in [3.63, 3.8) is 0 Å². The second-order valence-electron chi connectivity index (χ2n) is 5.49. The van der Waals surface area contributed by atoms with E-state index in [4.69, 9.17) is 9.47 Å². The lowest BCUT2D eigenvalue weighted by Gasteiger charge is -2.18. The first-order valence-corrected chi connectivity index (χ1v) is 7.80. The summed E-state index contributed by atoms with van der Waals surface area (Å²) in [6, 6.07) is 11.7. The van der Waals surface area contributed by atoms with Gasteiger partial charge in [-0.15, -0.1) is 0 Å². The molecule has 5 heteroatoms. The van der Waals surface area contributed by atoms with E-state index in [-0.39, 0.29) is 24.2 Å². The maximum atomic E-state index is 13.6. The molecule has 0 aromatic heterocycles. The highest BCUT2D eigenvalue weighted by atomic mass is 19.1. The minimum Gasteiger partial charge on any atom is -0.497 e. The molecule has 4 nitrogen and oxygen atoms in total. The molecule has 0 fully saturated rings. The van der Waals surface area contributed by atoms with Gasteiger partial charge in [0.1, 0.15) is 17.3 Å². The van der Waals surface area contributed by atoms with E-state index in [1.165, 1.54) is 6.07 Å². The average molecular weight is 331 g/mol. The first-order valence-electron chi connectivity index (χ1n) is 7.80. The Kier molecular flexibility index (Phi) is 6.18. The van der Waals surface area contributed by atoms with Gasteiger partial charge in [-0.3, -0.25) is 4.79 Å². The van der Waals surface area contributed by atoms with Crippen LogP contribution in [0.3, 0.4) is 0 Å². The number of amides is 1. The number of carbonyl (C=O) groups excluding carboxylic acids is 1. The van der Waals surface area contributed by atoms with Gasteiger partial charge in [0.05, 0.1) is 20.3 Å². The Labute approximate surface area is 141 Å². The maximum Gasteiger partial charge on any atom is 0.220 e. The van der Waals surface area contributed by atoms with Crippen LogP contribution in [-0.2, 0) is 11.2 Å². The van der Waals surface area contributed by atoms with Crippen LogP contribution in [-0.4, -0.2) is 20.1 Å². The predicted octanol–water partition coefficient (Wildman–Crippen LogP) is 3.65. The van der Waals surface area contributed by atoms with Gasteiger partial charge in [0.15, 0.2) is 0 Å². The van der Waals surface area contributed by atoms with E-state index in [9.17, 15) is 9.18 Å². The van der Waals surface area contributed by atoms with Crippen molar-refractivity contribution < 1.29 is 18.7 Å². The van der Waals surface area contributed by atoms with Crippen molar-refractivity contribution in [2.75, 3.05) is 14.2 Å². The van der Waals surface area contributed by atoms with Crippen molar-refractivity contribution >= 4 is 5.91 Å². The number of halogens is 1. The third kappa shape index (κ3) is 4.47. The van der Waals surface area contributed by atoms with Gasteiger partial charge in [-0.2, -0.15) is 0 Å². The van der Waals surface area contributed by atoms with Crippen LogP contribution in [0.4, 0.5) is 4.39 Å². The van der Waals surface area contributed by atoms with Crippen LogP contribution < -0.4 is 14.8 Å². The average Bonchev–Trinajstić information content (AvgIpc) is 2.60. The Morgan fingerprint density at radius 2 is 1.92 bits per heavy atom. The molecular formula is C19H22FNO3. The first kappa shape index (κ1) is 17.8. The molecule has 0 bridgehead atoms. The third-order valence-corrected chi connectivity index (χ3v) is 3.86. The molecule has 0 aliphatic heterocycles. The van der Waals surface area contributed by atoms with Gasteiger partial charge in [-0.1, -0.05) is 18.2 Å². The molecule has 0 saturated heterocycles. The SMILES string of the molecule is COc1ccc(OC)c(C(C)NC(=O)CCc2ccccc2F)c1. The van der Waals surface area contributed by atoms with Gasteiger partial charge < -0.3 is 14.8 Å². The van der Waals surface area contributed by atoms with E-state index in [0.29, 0.717) is 23.5 Å². The van der Waals surface area contributed by atoms with Gasteiger partial charge >= 0.3 is 0 Å². The zero-order valence-corrected chi connectivity index (χ0v) is 14.1. The fraction of sp³-hybridized carbons (Fsp3) is 0.316. The molecule has 1 N–H and O–H groups in total. The van der Waals surface area contributed by atoms with E-state index in [1.54, 1.807) is 44.6 Å². The van der Waals surface area contributed by atoms with Crippen LogP contribution in [0.5, 0.6) is 11.5 Å². The van der Waals surface area contributed by atoms with Gasteiger partial charge in [-0.25, -0.2) is 4.39 Å². The summed E-state index contributed by atoms with van der Waals surface area (Å²) in [5.74, 6) is 0.944. The Hall–Kier alpha value is -2.56. The standard InChI is InChI=1S/C19H22FNO3/c1-13(16-12-15(23-2)9-10-18(16)24-3)21-19(22)11-8-14-6-4-5-7-17(14)20/h4-7,9-10,12-13H,8,11H2,1-3H3,(H,21,22). The zero-order valence-electron chi connectivity index (χ0n) is 14.1. The van der Waals surface area contributed by atoms with Crippen molar-refractivity contribution in [2.24, 2.45) is 0 Å². The number of benzene rings is 2. The summed E-state index contributed by atoms with van der Waals surface area (Å²) < 4.78 is 24.1. The van der Waals surface area contributed by atoms with Crippen LogP contribution >= 0.6 is 0 Å². The summed E-state index contributed by atoms with van der Waals surface area (Å²) in [6.07, 6.45) is 0.581. The normalized spacial score (nSPS) is 11.7. The molecule has 1 atom stereocenters. The fourth-order valence-electron chi connectivity index (χ4n) is 2.52. The molecule has 0 saturated carbocycles. The fourth-order valence-corrected chi connectivity index (χ4v) is 2.52. The van der Waals surface area contributed by atoms with Crippen LogP contribution in [0.15, 0.2) is 42.5 Å². The predicted molar refractivity (Wildman–Crippen MR) is 90.8 cm³/mol. The molecule has 2 rings (SSSR count). The van der Waals surface area contributed by atoms with Gasteiger partial charge in [-0.05, 0) is 43.2 Å². The lowest BCUT2D eigenvalue weighted by molar-refractivity contribution is -0.121. The number of methoxy groups -OCH3 is 2. The molecule has 0 spiro atoms. The van der Waals surface area contributed by atoms with E-state index >= 15 is 0 Å². The third-order valence-electron chi connectivity index (χ3n) is 3.86. The highest BCUT2D eigenvalue weighted by molar-refractivity contribution is 5.76. The van der Waals surface area contributed by atoms with E-state index in [2.05, 4.69) is 5.32 Å². The van der Waals surface area contributed by atoms with E-state index in [1.807, 2.05) is 13.0 Å². The molecule has 0 aliphatic carbocycles. The summed E-state index contributed by atoms with van der Waals surface area (Å²) in [4.78, 5) is 12.2. The molecule has 0 radical (unpaired) electrons. The minimum absolute atomic E-state index is 0.143. The molecular weight excluding hydrogens is 309 g/mol. The van der Waals surface area contributed by atoms with E-state index in [0.717, 1.165) is 5.56 Å². The number of ether oxygens (including phenoxy) is 2. The molecule has 128 valence electrons. The number of hydrogen-bond donors (Lipinski definition) is 1. The number of rotatable bonds is 7. The zero-order chi connectivity index (χ0) is 17.5. The monoisotopic (exact) mass is 331 g/mol. The van der Waals surface area contributed by atoms with Crippen molar-refractivity contribution in [1.29, 1.82) is 0 Å². The first-order chi connectivity index (χ1) is 11.5. The van der Waals surface area contributed by atoms with Crippen LogP contribution in [0.2, 0.25) is 0 Å². The Balaban J connectivity index is 2.00. The molecule has 1 amide bonds. The Morgan fingerprint density at radius 3 is 2.58 bits per heavy atom. The van der Waals surface area contributed by atoms with Crippen LogP contribution in [0, 0.1) is 5.82 Å². The summed E-state index contributed by atoms with van der Waals surface area (Å²) in [5, 5.41) is 2.91. The number of aryl methyl sites for hydroxylation is 1. The molecule has 2 aromatic carbocycles. The minimum atomic E-state index is -0.284. The molecule has 2 aromatic rings. The van der Waals surface area contributed by atoms with Gasteiger partial charge in [0.25, 0.3) is 0 Å². The van der Waals surface area contributed by atoms with Crippen LogP contribution in [0.1, 0.15) is 30.5 Å². The highest BCUT2D eigenvalue weighted by Crippen LogP contribution is 2.29. The van der Waals surface area contributed by atoms with Gasteiger partial charge in [0.2, 0.25) is 5.91 Å². The second-order valence-corrected chi connectivity index (χ2v) is 5.49. The van der Waals surface area contributed by atoms with Crippen molar-refractivity contribution in [3.8, 4) is 11.5 Å². The number of carbonyl (C=O) groups is 1. The molecule has 24 heavy (non-hydrogen) atoms. The summed E-state index contributed by atoms with van der Waals surface area (Å²) >= 11 is 0. The van der Waals surface area contributed by atoms with E-state index < -0.39 is 0 Å². The summed E-state index contributed by atoms with van der Waals surface area (Å²) in [5.41, 5.74) is 1.37. The quantitative estimate of drug-likeness (QED) is 0.842. The lowest BCUT2D eigenvalue weighted by Crippen LogP contribution is -2.27. The summed E-state index contributed by atoms with van der Waals surface area (Å²) in [6.45, 7) is 1.87. The largest absolute Gasteiger partial charge is 0.497 e. The maximum absolute atomic E-state index is 13.6. The smallest absolute Gasteiger partial charge is 0.220 e. The molecule has 1 unspecified atom stereocenters. The summed E-state index contributed by atoms with van der Waals surface area (Å²) in [7, 11) is 3.17. The molecule has 0 heterocycles. The topological polar surface area (TPSA) is 47.6 Å². The molecule has 0 aliphatic rings. The Bertz CT molecular complexity index is 703. The van der Waals surface area contributed by atoms with Crippen molar-refractivity contribution in [1.82, 2.24) is 5.32 Å².